The Morgan fingerprint density at radius 2 is 2.12 bits per heavy atom. The zero-order valence-corrected chi connectivity index (χ0v) is 14.8. The van der Waals surface area contributed by atoms with Gasteiger partial charge >= 0.3 is 0 Å². The number of carbonyl (C=O) groups is 1. The Balaban J connectivity index is 1.46. The summed E-state index contributed by atoms with van der Waals surface area (Å²) in [6.07, 6.45) is 9.08. The first-order chi connectivity index (χ1) is 12.1. The van der Waals surface area contributed by atoms with Gasteiger partial charge < -0.3 is 14.5 Å². The van der Waals surface area contributed by atoms with Gasteiger partial charge in [-0.25, -0.2) is 4.98 Å². The highest BCUT2D eigenvalue weighted by molar-refractivity contribution is 6.06. The van der Waals surface area contributed by atoms with Gasteiger partial charge in [0.05, 0.1) is 5.56 Å². The molecule has 0 bridgehead atoms. The molecule has 1 fully saturated rings. The van der Waals surface area contributed by atoms with Crippen molar-refractivity contribution in [1.82, 2.24) is 19.4 Å². The number of amides is 1. The fraction of sp³-hybridized carbons (Fsp3) is 0.400. The second-order valence-corrected chi connectivity index (χ2v) is 7.18. The molecular formula is C20H24N4O. The standard InChI is InChI=1S/C20H24N4O/c1-3-18-21-10-11-24(18)14-20(8-9-20)13-22-19(25)16-12-23(2)17-7-5-4-6-15(16)17/h4-7,10-12H,3,8-9,13-14H2,1-2H3,(H,22,25). The molecular weight excluding hydrogens is 312 g/mol. The summed E-state index contributed by atoms with van der Waals surface area (Å²) >= 11 is 0. The third-order valence-corrected chi connectivity index (χ3v) is 5.35. The van der Waals surface area contributed by atoms with Gasteiger partial charge in [0.15, 0.2) is 0 Å². The van der Waals surface area contributed by atoms with Gasteiger partial charge in [0.2, 0.25) is 0 Å². The molecule has 1 aliphatic carbocycles. The molecule has 2 heterocycles. The average molecular weight is 336 g/mol. The van der Waals surface area contributed by atoms with Crippen LogP contribution >= 0.6 is 0 Å². The van der Waals surface area contributed by atoms with E-state index in [1.54, 1.807) is 0 Å². The monoisotopic (exact) mass is 336 g/mol. The predicted octanol–water partition coefficient (Wildman–Crippen LogP) is 3.15. The summed E-state index contributed by atoms with van der Waals surface area (Å²) in [6.45, 7) is 3.78. The van der Waals surface area contributed by atoms with Gasteiger partial charge in [-0.1, -0.05) is 25.1 Å². The van der Waals surface area contributed by atoms with Crippen LogP contribution in [0.4, 0.5) is 0 Å². The van der Waals surface area contributed by atoms with Gasteiger partial charge in [-0.3, -0.25) is 4.79 Å². The number of aryl methyl sites for hydroxylation is 2. The minimum atomic E-state index is 0.0180. The van der Waals surface area contributed by atoms with Gasteiger partial charge in [0, 0.05) is 61.5 Å². The number of carbonyl (C=O) groups excluding carboxylic acids is 1. The zero-order valence-electron chi connectivity index (χ0n) is 14.8. The van der Waals surface area contributed by atoms with Crippen molar-refractivity contribution in [3.63, 3.8) is 0 Å². The van der Waals surface area contributed by atoms with E-state index in [0.29, 0.717) is 0 Å². The van der Waals surface area contributed by atoms with Crippen molar-refractivity contribution in [2.75, 3.05) is 6.54 Å². The van der Waals surface area contributed by atoms with E-state index >= 15 is 0 Å². The van der Waals surface area contributed by atoms with E-state index in [9.17, 15) is 4.79 Å². The molecule has 0 spiro atoms. The second-order valence-electron chi connectivity index (χ2n) is 7.18. The van der Waals surface area contributed by atoms with Crippen LogP contribution < -0.4 is 5.32 Å². The number of aromatic nitrogens is 3. The maximum Gasteiger partial charge on any atom is 0.253 e. The topological polar surface area (TPSA) is 51.9 Å². The molecule has 0 unspecified atom stereocenters. The molecule has 1 amide bonds. The molecule has 0 saturated heterocycles. The van der Waals surface area contributed by atoms with E-state index in [1.807, 2.05) is 54.5 Å². The number of rotatable bonds is 6. The molecule has 2 aromatic heterocycles. The number of hydrogen-bond donors (Lipinski definition) is 1. The number of fused-ring (bicyclic) bond motifs is 1. The molecule has 0 radical (unpaired) electrons. The molecule has 25 heavy (non-hydrogen) atoms. The van der Waals surface area contributed by atoms with Gasteiger partial charge in [0.1, 0.15) is 5.82 Å². The molecule has 1 N–H and O–H groups in total. The summed E-state index contributed by atoms with van der Waals surface area (Å²) in [5.74, 6) is 1.14. The molecule has 5 heteroatoms. The summed E-state index contributed by atoms with van der Waals surface area (Å²) in [5.41, 5.74) is 2.02. The van der Waals surface area contributed by atoms with Crippen molar-refractivity contribution in [2.24, 2.45) is 12.5 Å². The molecule has 5 nitrogen and oxygen atoms in total. The Hall–Kier alpha value is -2.56. The van der Waals surface area contributed by atoms with Crippen molar-refractivity contribution < 1.29 is 4.79 Å². The van der Waals surface area contributed by atoms with Crippen molar-refractivity contribution in [3.05, 3.63) is 54.2 Å². The normalized spacial score (nSPS) is 15.4. The smallest absolute Gasteiger partial charge is 0.253 e. The molecule has 130 valence electrons. The summed E-state index contributed by atoms with van der Waals surface area (Å²) in [6, 6.07) is 8.03. The molecule has 0 atom stereocenters. The van der Waals surface area contributed by atoms with Gasteiger partial charge in [-0.15, -0.1) is 0 Å². The fourth-order valence-electron chi connectivity index (χ4n) is 3.61. The lowest BCUT2D eigenvalue weighted by molar-refractivity contribution is 0.0944. The quantitative estimate of drug-likeness (QED) is 0.752. The minimum Gasteiger partial charge on any atom is -0.351 e. The number of imidazole rings is 1. The minimum absolute atomic E-state index is 0.0180. The Morgan fingerprint density at radius 3 is 2.88 bits per heavy atom. The molecule has 3 aromatic rings. The number of hydrogen-bond acceptors (Lipinski definition) is 2. The average Bonchev–Trinajstić information content (AvgIpc) is 3.10. The van der Waals surface area contributed by atoms with Crippen LogP contribution in [0, 0.1) is 5.41 Å². The van der Waals surface area contributed by atoms with Gasteiger partial charge in [0.25, 0.3) is 5.91 Å². The first-order valence-corrected chi connectivity index (χ1v) is 8.94. The van der Waals surface area contributed by atoms with E-state index in [1.165, 1.54) is 0 Å². The molecule has 4 rings (SSSR count). The number of nitrogens with zero attached hydrogens (tertiary/aromatic N) is 3. The maximum absolute atomic E-state index is 12.7. The summed E-state index contributed by atoms with van der Waals surface area (Å²) in [4.78, 5) is 17.1. The first kappa shape index (κ1) is 15.9. The van der Waals surface area contributed by atoms with E-state index in [0.717, 1.165) is 54.6 Å². The van der Waals surface area contributed by atoms with Crippen LogP contribution in [0.5, 0.6) is 0 Å². The number of benzene rings is 1. The van der Waals surface area contributed by atoms with Crippen LogP contribution in [0.3, 0.4) is 0 Å². The number of para-hydroxylation sites is 1. The van der Waals surface area contributed by atoms with Gasteiger partial charge in [-0.2, -0.15) is 0 Å². The highest BCUT2D eigenvalue weighted by atomic mass is 16.1. The SMILES string of the molecule is CCc1nccn1CC1(CNC(=O)c2cn(C)c3ccccc23)CC1. The maximum atomic E-state index is 12.7. The Bertz CT molecular complexity index is 917. The van der Waals surface area contributed by atoms with Crippen LogP contribution in [0.2, 0.25) is 0 Å². The van der Waals surface area contributed by atoms with Crippen molar-refractivity contribution >= 4 is 16.8 Å². The molecule has 1 aromatic carbocycles. The van der Waals surface area contributed by atoms with Gasteiger partial charge in [-0.05, 0) is 18.9 Å². The zero-order chi connectivity index (χ0) is 17.4. The van der Waals surface area contributed by atoms with E-state index in [2.05, 4.69) is 21.8 Å². The van der Waals surface area contributed by atoms with Crippen LogP contribution in [0.25, 0.3) is 10.9 Å². The largest absolute Gasteiger partial charge is 0.351 e. The molecule has 1 aliphatic rings. The summed E-state index contributed by atoms with van der Waals surface area (Å²) in [7, 11) is 1.98. The Kier molecular flexibility index (Phi) is 3.86. The fourth-order valence-corrected chi connectivity index (χ4v) is 3.61. The predicted molar refractivity (Wildman–Crippen MR) is 98.5 cm³/mol. The summed E-state index contributed by atoms with van der Waals surface area (Å²) in [5, 5.41) is 4.18. The lowest BCUT2D eigenvalue weighted by Crippen LogP contribution is -2.32. The first-order valence-electron chi connectivity index (χ1n) is 8.94. The third-order valence-electron chi connectivity index (χ3n) is 5.35. The molecule has 1 saturated carbocycles. The third kappa shape index (κ3) is 2.95. The summed E-state index contributed by atoms with van der Waals surface area (Å²) < 4.78 is 4.24. The number of nitrogens with one attached hydrogen (secondary N) is 1. The van der Waals surface area contributed by atoms with Crippen LogP contribution in [0.1, 0.15) is 35.9 Å². The Labute approximate surface area is 147 Å². The Morgan fingerprint density at radius 1 is 1.32 bits per heavy atom. The van der Waals surface area contributed by atoms with Crippen LogP contribution in [-0.2, 0) is 20.0 Å². The second kappa shape index (κ2) is 6.06. The van der Waals surface area contributed by atoms with Crippen molar-refractivity contribution in [2.45, 2.75) is 32.7 Å². The highest BCUT2D eigenvalue weighted by Crippen LogP contribution is 2.46. The van der Waals surface area contributed by atoms with Crippen LogP contribution in [0.15, 0.2) is 42.9 Å². The molecule has 0 aliphatic heterocycles. The van der Waals surface area contributed by atoms with Crippen molar-refractivity contribution in [1.29, 1.82) is 0 Å². The van der Waals surface area contributed by atoms with Crippen molar-refractivity contribution in [3.8, 4) is 0 Å². The lowest BCUT2D eigenvalue weighted by atomic mass is 10.1. The van der Waals surface area contributed by atoms with E-state index in [-0.39, 0.29) is 11.3 Å². The lowest BCUT2D eigenvalue weighted by Gasteiger charge is -2.18. The highest BCUT2D eigenvalue weighted by Gasteiger charge is 2.43. The van der Waals surface area contributed by atoms with Crippen LogP contribution in [-0.4, -0.2) is 26.6 Å². The van der Waals surface area contributed by atoms with E-state index in [4.69, 9.17) is 0 Å². The van der Waals surface area contributed by atoms with E-state index < -0.39 is 0 Å².